The summed E-state index contributed by atoms with van der Waals surface area (Å²) in [4.78, 5) is 14.0. The molecule has 2 heterocycles. The van der Waals surface area contributed by atoms with Crippen molar-refractivity contribution in [3.63, 3.8) is 0 Å². The van der Waals surface area contributed by atoms with Gasteiger partial charge in [0.2, 0.25) is 0 Å². The van der Waals surface area contributed by atoms with Crippen molar-refractivity contribution in [1.29, 1.82) is 0 Å². The summed E-state index contributed by atoms with van der Waals surface area (Å²) in [6, 6.07) is 1.56. The van der Waals surface area contributed by atoms with Crippen LogP contribution in [0.4, 0.5) is 0 Å². The van der Waals surface area contributed by atoms with Crippen molar-refractivity contribution in [3.8, 4) is 0 Å². The average molecular weight is 265 g/mol. The van der Waals surface area contributed by atoms with Crippen molar-refractivity contribution >= 4 is 5.97 Å². The van der Waals surface area contributed by atoms with Gasteiger partial charge in [-0.25, -0.2) is 0 Å². The topological polar surface area (TPSA) is 40.5 Å². The molecule has 108 valence electrons. The van der Waals surface area contributed by atoms with Crippen LogP contribution in [0.1, 0.15) is 65.2 Å². The molecular formula is C16H27NO2. The highest BCUT2D eigenvalue weighted by Gasteiger charge is 2.51. The minimum atomic E-state index is -0.564. The Kier molecular flexibility index (Phi) is 3.36. The summed E-state index contributed by atoms with van der Waals surface area (Å²) in [6.07, 6.45) is 9.73. The number of carboxylic acids is 1. The third kappa shape index (κ3) is 2.42. The molecule has 1 saturated carbocycles. The fourth-order valence-electron chi connectivity index (χ4n) is 4.81. The van der Waals surface area contributed by atoms with Gasteiger partial charge < -0.3 is 5.11 Å². The van der Waals surface area contributed by atoms with E-state index in [1.54, 1.807) is 0 Å². The number of carboxylic acid groups (broad SMARTS) is 1. The Morgan fingerprint density at radius 3 is 2.58 bits per heavy atom. The Balaban J connectivity index is 1.71. The lowest BCUT2D eigenvalue weighted by Crippen LogP contribution is -2.40. The highest BCUT2D eigenvalue weighted by Crippen LogP contribution is 2.46. The minimum Gasteiger partial charge on any atom is -0.481 e. The maximum atomic E-state index is 11.4. The summed E-state index contributed by atoms with van der Waals surface area (Å²) in [5.41, 5.74) is 0.486. The second-order valence-corrected chi connectivity index (χ2v) is 7.68. The van der Waals surface area contributed by atoms with Crippen LogP contribution in [0.5, 0.6) is 0 Å². The van der Waals surface area contributed by atoms with Gasteiger partial charge in [-0.05, 0) is 50.4 Å². The van der Waals surface area contributed by atoms with Crippen LogP contribution in [0.15, 0.2) is 0 Å². The monoisotopic (exact) mass is 265 g/mol. The zero-order valence-corrected chi connectivity index (χ0v) is 12.3. The molecule has 0 aromatic rings. The van der Waals surface area contributed by atoms with Crippen molar-refractivity contribution in [1.82, 2.24) is 4.90 Å². The molecule has 2 aliphatic heterocycles. The van der Waals surface area contributed by atoms with E-state index in [4.69, 9.17) is 0 Å². The number of nitrogens with zero attached hydrogens (tertiary/aromatic N) is 1. The van der Waals surface area contributed by atoms with Crippen molar-refractivity contribution in [3.05, 3.63) is 0 Å². The highest BCUT2D eigenvalue weighted by atomic mass is 16.4. The van der Waals surface area contributed by atoms with E-state index in [0.29, 0.717) is 23.5 Å². The quantitative estimate of drug-likeness (QED) is 0.779. The van der Waals surface area contributed by atoms with Crippen LogP contribution in [-0.4, -0.2) is 34.1 Å². The number of rotatable bonds is 2. The fourth-order valence-corrected chi connectivity index (χ4v) is 4.81. The second-order valence-electron chi connectivity index (χ2n) is 7.68. The SMILES string of the molecule is CC1(C)CCCC(N2C3CCC2C(C(=O)O)C3)CC1. The maximum absolute atomic E-state index is 11.4. The van der Waals surface area contributed by atoms with E-state index in [-0.39, 0.29) is 5.92 Å². The van der Waals surface area contributed by atoms with Crippen molar-refractivity contribution in [2.45, 2.75) is 83.3 Å². The molecule has 0 aromatic heterocycles. The van der Waals surface area contributed by atoms with Gasteiger partial charge in [-0.15, -0.1) is 0 Å². The number of hydrogen-bond donors (Lipinski definition) is 1. The summed E-state index contributed by atoms with van der Waals surface area (Å²) >= 11 is 0. The molecule has 19 heavy (non-hydrogen) atoms. The largest absolute Gasteiger partial charge is 0.481 e. The van der Waals surface area contributed by atoms with Crippen LogP contribution >= 0.6 is 0 Å². The molecule has 4 atom stereocenters. The van der Waals surface area contributed by atoms with E-state index in [1.807, 2.05) is 0 Å². The lowest BCUT2D eigenvalue weighted by atomic mass is 9.85. The van der Waals surface area contributed by atoms with Gasteiger partial charge in [-0.2, -0.15) is 0 Å². The van der Waals surface area contributed by atoms with Crippen molar-refractivity contribution < 1.29 is 9.90 Å². The Hall–Kier alpha value is -0.570. The first-order valence-electron chi connectivity index (χ1n) is 7.98. The van der Waals surface area contributed by atoms with Crippen molar-refractivity contribution in [2.24, 2.45) is 11.3 Å². The van der Waals surface area contributed by atoms with E-state index >= 15 is 0 Å². The van der Waals surface area contributed by atoms with E-state index in [9.17, 15) is 9.90 Å². The smallest absolute Gasteiger partial charge is 0.308 e. The van der Waals surface area contributed by atoms with Crippen LogP contribution in [-0.2, 0) is 4.79 Å². The van der Waals surface area contributed by atoms with Gasteiger partial charge >= 0.3 is 5.97 Å². The van der Waals surface area contributed by atoms with Crippen LogP contribution in [0.2, 0.25) is 0 Å². The Morgan fingerprint density at radius 1 is 1.11 bits per heavy atom. The van der Waals surface area contributed by atoms with Gasteiger partial charge in [0, 0.05) is 18.1 Å². The molecule has 3 nitrogen and oxygen atoms in total. The van der Waals surface area contributed by atoms with Gasteiger partial charge in [-0.1, -0.05) is 20.3 Å². The molecule has 0 radical (unpaired) electrons. The standard InChI is InChI=1S/C16H27NO2/c1-16(2)8-3-4-11(7-9-16)17-12-5-6-14(17)13(10-12)15(18)19/h11-14H,3-10H2,1-2H3,(H,18,19). The van der Waals surface area contributed by atoms with Crippen LogP contribution in [0.3, 0.4) is 0 Å². The maximum Gasteiger partial charge on any atom is 0.308 e. The number of aliphatic carboxylic acids is 1. The fraction of sp³-hybridized carbons (Fsp3) is 0.938. The summed E-state index contributed by atoms with van der Waals surface area (Å²) in [5, 5.41) is 9.36. The summed E-state index contributed by atoms with van der Waals surface area (Å²) in [7, 11) is 0. The van der Waals surface area contributed by atoms with Gasteiger partial charge in [0.05, 0.1) is 5.92 Å². The molecule has 4 unspecified atom stereocenters. The Labute approximate surface area is 116 Å². The average Bonchev–Trinajstić information content (AvgIpc) is 2.85. The number of fused-ring (bicyclic) bond motifs is 2. The first-order chi connectivity index (χ1) is 8.98. The lowest BCUT2D eigenvalue weighted by molar-refractivity contribution is -0.142. The zero-order valence-electron chi connectivity index (χ0n) is 12.3. The van der Waals surface area contributed by atoms with Gasteiger partial charge in [-0.3, -0.25) is 9.69 Å². The minimum absolute atomic E-state index is 0.0880. The molecule has 0 aromatic carbocycles. The van der Waals surface area contributed by atoms with Crippen LogP contribution in [0.25, 0.3) is 0 Å². The summed E-state index contributed by atoms with van der Waals surface area (Å²) < 4.78 is 0. The van der Waals surface area contributed by atoms with E-state index in [1.165, 1.54) is 38.5 Å². The molecule has 2 bridgehead atoms. The molecule has 3 heteroatoms. The van der Waals surface area contributed by atoms with Crippen LogP contribution in [0, 0.1) is 11.3 Å². The molecule has 1 N–H and O–H groups in total. The molecule has 0 spiro atoms. The number of carbonyl (C=O) groups is 1. The third-order valence-electron chi connectivity index (χ3n) is 5.87. The van der Waals surface area contributed by atoms with Crippen LogP contribution < -0.4 is 0 Å². The predicted molar refractivity (Wildman–Crippen MR) is 75.0 cm³/mol. The summed E-state index contributed by atoms with van der Waals surface area (Å²) in [6.45, 7) is 4.77. The summed E-state index contributed by atoms with van der Waals surface area (Å²) in [5.74, 6) is -0.652. The van der Waals surface area contributed by atoms with E-state index in [0.717, 1.165) is 12.8 Å². The lowest BCUT2D eigenvalue weighted by Gasteiger charge is -2.32. The normalized spacial score (nSPS) is 42.2. The van der Waals surface area contributed by atoms with Gasteiger partial charge in [0.1, 0.15) is 0 Å². The molecule has 3 aliphatic rings. The Bertz CT molecular complexity index is 366. The van der Waals surface area contributed by atoms with Gasteiger partial charge in [0.25, 0.3) is 0 Å². The molecule has 1 aliphatic carbocycles. The molecule has 0 amide bonds. The third-order valence-corrected chi connectivity index (χ3v) is 5.87. The highest BCUT2D eigenvalue weighted by molar-refractivity contribution is 5.71. The second kappa shape index (κ2) is 4.76. The molecule has 3 fully saturated rings. The van der Waals surface area contributed by atoms with E-state index < -0.39 is 5.97 Å². The predicted octanol–water partition coefficient (Wildman–Crippen LogP) is 3.28. The first-order valence-corrected chi connectivity index (χ1v) is 7.98. The first kappa shape index (κ1) is 13.4. The number of hydrogen-bond acceptors (Lipinski definition) is 2. The molecular weight excluding hydrogens is 238 g/mol. The van der Waals surface area contributed by atoms with E-state index in [2.05, 4.69) is 18.7 Å². The zero-order chi connectivity index (χ0) is 13.6. The Morgan fingerprint density at radius 2 is 1.89 bits per heavy atom. The van der Waals surface area contributed by atoms with Crippen molar-refractivity contribution in [2.75, 3.05) is 0 Å². The molecule has 3 rings (SSSR count). The van der Waals surface area contributed by atoms with Gasteiger partial charge in [0.15, 0.2) is 0 Å². The molecule has 2 saturated heterocycles.